The summed E-state index contributed by atoms with van der Waals surface area (Å²) in [4.78, 5) is 10.8. The Hall–Kier alpha value is -1.84. The Bertz CT molecular complexity index is 782. The molecule has 0 bridgehead atoms. The quantitative estimate of drug-likeness (QED) is 0.817. The van der Waals surface area contributed by atoms with Crippen molar-refractivity contribution in [3.63, 3.8) is 0 Å². The fourth-order valence-corrected chi connectivity index (χ4v) is 3.98. The van der Waals surface area contributed by atoms with Crippen molar-refractivity contribution >= 4 is 27.6 Å². The van der Waals surface area contributed by atoms with E-state index in [2.05, 4.69) is 9.82 Å². The predicted octanol–water partition coefficient (Wildman–Crippen LogP) is 1.47. The van der Waals surface area contributed by atoms with Crippen molar-refractivity contribution in [3.8, 4) is 0 Å². The number of hydrogen-bond acceptors (Lipinski definition) is 5. The summed E-state index contributed by atoms with van der Waals surface area (Å²) < 4.78 is 33.6. The summed E-state index contributed by atoms with van der Waals surface area (Å²) in [7, 11) is -2.55. The molecule has 1 atom stereocenters. The Kier molecular flexibility index (Phi) is 4.59. The zero-order valence-electron chi connectivity index (χ0n) is 11.8. The maximum atomic E-state index is 12.5. The molecule has 0 radical (unpaired) electrons. The molecular weight excluding hydrogens is 334 g/mol. The Morgan fingerprint density at radius 1 is 1.59 bits per heavy atom. The highest BCUT2D eigenvalue weighted by molar-refractivity contribution is 7.89. The molecule has 2 aromatic heterocycles. The van der Waals surface area contributed by atoms with Crippen LogP contribution in [0.3, 0.4) is 0 Å². The van der Waals surface area contributed by atoms with E-state index >= 15 is 0 Å². The van der Waals surface area contributed by atoms with E-state index in [4.69, 9.17) is 21.1 Å². The highest BCUT2D eigenvalue weighted by atomic mass is 35.5. The minimum atomic E-state index is -4.06. The van der Waals surface area contributed by atoms with Gasteiger partial charge in [0.1, 0.15) is 15.8 Å². The molecule has 0 saturated carbocycles. The van der Waals surface area contributed by atoms with Gasteiger partial charge in [-0.05, 0) is 19.1 Å². The molecule has 0 aliphatic heterocycles. The largest absolute Gasteiger partial charge is 0.481 e. The minimum absolute atomic E-state index is 0.0569. The van der Waals surface area contributed by atoms with Crippen LogP contribution in [0.5, 0.6) is 0 Å². The van der Waals surface area contributed by atoms with Gasteiger partial charge in [0, 0.05) is 7.05 Å². The number of carboxylic acid groups (broad SMARTS) is 1. The van der Waals surface area contributed by atoms with E-state index in [1.807, 2.05) is 0 Å². The molecule has 10 heteroatoms. The zero-order valence-corrected chi connectivity index (χ0v) is 13.3. The first-order valence-corrected chi connectivity index (χ1v) is 8.05. The number of rotatable bonds is 6. The summed E-state index contributed by atoms with van der Waals surface area (Å²) in [5.74, 6) is -0.971. The number of sulfonamides is 1. The van der Waals surface area contributed by atoms with Gasteiger partial charge in [-0.25, -0.2) is 8.42 Å². The number of aromatic nitrogens is 2. The number of nitrogens with zero attached hydrogens (tertiary/aromatic N) is 2. The van der Waals surface area contributed by atoms with Gasteiger partial charge in [0.15, 0.2) is 0 Å². The molecule has 2 N–H and O–H groups in total. The van der Waals surface area contributed by atoms with Crippen LogP contribution >= 0.6 is 11.6 Å². The average Bonchev–Trinajstić information content (AvgIpc) is 2.97. The summed E-state index contributed by atoms with van der Waals surface area (Å²) >= 11 is 5.95. The topological polar surface area (TPSA) is 114 Å². The van der Waals surface area contributed by atoms with Crippen molar-refractivity contribution < 1.29 is 22.7 Å². The Balaban J connectivity index is 2.38. The molecule has 0 fully saturated rings. The van der Waals surface area contributed by atoms with Crippen LogP contribution in [0.2, 0.25) is 5.15 Å². The number of halogens is 1. The molecule has 0 spiro atoms. The summed E-state index contributed by atoms with van der Waals surface area (Å²) in [6.07, 6.45) is 0.866. The molecule has 120 valence electrons. The molecular formula is C12H14ClN3O5S. The smallest absolute Gasteiger partial charge is 0.305 e. The van der Waals surface area contributed by atoms with E-state index < -0.39 is 28.5 Å². The van der Waals surface area contributed by atoms with Crippen LogP contribution < -0.4 is 4.72 Å². The standard InChI is InChI=1S/C12H14ClN3O5S/c1-7-11(12(13)16(2)14-7)22(19,20)15-8(6-10(17)18)9-4-3-5-21-9/h3-5,8,15H,6H2,1-2H3,(H,17,18). The van der Waals surface area contributed by atoms with E-state index in [0.717, 1.165) is 0 Å². The summed E-state index contributed by atoms with van der Waals surface area (Å²) in [6, 6.07) is 1.99. The van der Waals surface area contributed by atoms with Crippen molar-refractivity contribution in [2.75, 3.05) is 0 Å². The zero-order chi connectivity index (χ0) is 16.5. The van der Waals surface area contributed by atoms with Crippen molar-refractivity contribution in [2.45, 2.75) is 24.3 Å². The monoisotopic (exact) mass is 347 g/mol. The van der Waals surface area contributed by atoms with Gasteiger partial charge in [-0.15, -0.1) is 0 Å². The Morgan fingerprint density at radius 2 is 2.27 bits per heavy atom. The van der Waals surface area contributed by atoms with Gasteiger partial charge in [-0.3, -0.25) is 9.48 Å². The molecule has 22 heavy (non-hydrogen) atoms. The van der Waals surface area contributed by atoms with Crippen LogP contribution in [-0.2, 0) is 21.9 Å². The molecule has 2 aromatic rings. The van der Waals surface area contributed by atoms with Crippen LogP contribution in [0.25, 0.3) is 0 Å². The van der Waals surface area contributed by atoms with E-state index in [1.165, 1.54) is 31.0 Å². The van der Waals surface area contributed by atoms with Gasteiger partial charge < -0.3 is 9.52 Å². The average molecular weight is 348 g/mol. The second kappa shape index (κ2) is 6.11. The molecule has 0 aliphatic rings. The van der Waals surface area contributed by atoms with E-state index in [1.54, 1.807) is 6.07 Å². The van der Waals surface area contributed by atoms with Gasteiger partial charge in [0.05, 0.1) is 24.4 Å². The third-order valence-corrected chi connectivity index (χ3v) is 5.10. The number of furan rings is 1. The van der Waals surface area contributed by atoms with Gasteiger partial charge in [-0.2, -0.15) is 9.82 Å². The minimum Gasteiger partial charge on any atom is -0.481 e. The van der Waals surface area contributed by atoms with Crippen molar-refractivity contribution in [1.82, 2.24) is 14.5 Å². The lowest BCUT2D eigenvalue weighted by atomic mass is 10.2. The lowest BCUT2D eigenvalue weighted by molar-refractivity contribution is -0.137. The van der Waals surface area contributed by atoms with E-state index in [9.17, 15) is 13.2 Å². The lowest BCUT2D eigenvalue weighted by Crippen LogP contribution is -2.30. The van der Waals surface area contributed by atoms with Gasteiger partial charge in [0.2, 0.25) is 10.0 Å². The second-order valence-electron chi connectivity index (χ2n) is 4.62. The molecule has 0 amide bonds. The summed E-state index contributed by atoms with van der Waals surface area (Å²) in [6.45, 7) is 1.50. The highest BCUT2D eigenvalue weighted by Gasteiger charge is 2.30. The lowest BCUT2D eigenvalue weighted by Gasteiger charge is -2.14. The van der Waals surface area contributed by atoms with E-state index in [0.29, 0.717) is 0 Å². The summed E-state index contributed by atoms with van der Waals surface area (Å²) in [5, 5.41) is 12.8. The molecule has 0 aromatic carbocycles. The second-order valence-corrected chi connectivity index (χ2v) is 6.62. The number of nitrogens with one attached hydrogen (secondary N) is 1. The third kappa shape index (κ3) is 3.32. The van der Waals surface area contributed by atoms with Crippen LogP contribution in [0.4, 0.5) is 0 Å². The van der Waals surface area contributed by atoms with Gasteiger partial charge in [-0.1, -0.05) is 11.6 Å². The maximum Gasteiger partial charge on any atom is 0.305 e. The Labute approximate surface area is 131 Å². The number of aliphatic carboxylic acids is 1. The molecule has 2 heterocycles. The fraction of sp³-hybridized carbons (Fsp3) is 0.333. The van der Waals surface area contributed by atoms with Crippen molar-refractivity contribution in [1.29, 1.82) is 0 Å². The predicted molar refractivity (Wildman–Crippen MR) is 77.0 cm³/mol. The van der Waals surface area contributed by atoms with Gasteiger partial charge in [0.25, 0.3) is 0 Å². The van der Waals surface area contributed by atoms with Crippen LogP contribution in [0, 0.1) is 6.92 Å². The van der Waals surface area contributed by atoms with Gasteiger partial charge >= 0.3 is 5.97 Å². The normalized spacial score (nSPS) is 13.2. The third-order valence-electron chi connectivity index (χ3n) is 2.93. The molecule has 8 nitrogen and oxygen atoms in total. The number of carbonyl (C=O) groups is 1. The van der Waals surface area contributed by atoms with E-state index in [-0.39, 0.29) is 21.5 Å². The SMILES string of the molecule is Cc1nn(C)c(Cl)c1S(=O)(=O)NC(CC(=O)O)c1ccco1. The summed E-state index contributed by atoms with van der Waals surface area (Å²) in [5.41, 5.74) is 0.216. The first-order valence-electron chi connectivity index (χ1n) is 6.19. The van der Waals surface area contributed by atoms with Crippen molar-refractivity contribution in [3.05, 3.63) is 35.0 Å². The maximum absolute atomic E-state index is 12.5. The molecule has 0 saturated heterocycles. The number of carboxylic acids is 1. The first kappa shape index (κ1) is 16.5. The molecule has 2 rings (SSSR count). The van der Waals surface area contributed by atoms with Crippen LogP contribution in [-0.4, -0.2) is 29.3 Å². The van der Waals surface area contributed by atoms with Crippen LogP contribution in [0.15, 0.2) is 27.7 Å². The Morgan fingerprint density at radius 3 is 2.73 bits per heavy atom. The van der Waals surface area contributed by atoms with Crippen LogP contribution in [0.1, 0.15) is 23.9 Å². The highest BCUT2D eigenvalue weighted by Crippen LogP contribution is 2.27. The number of aryl methyl sites for hydroxylation is 2. The number of hydrogen-bond donors (Lipinski definition) is 2. The van der Waals surface area contributed by atoms with Crippen molar-refractivity contribution in [2.24, 2.45) is 7.05 Å². The first-order chi connectivity index (χ1) is 10.2. The molecule has 1 unspecified atom stereocenters. The fourth-order valence-electron chi connectivity index (χ4n) is 2.03. The molecule has 0 aliphatic carbocycles.